The molecule has 1 heterocycles. The first-order valence-corrected chi connectivity index (χ1v) is 9.26. The summed E-state index contributed by atoms with van der Waals surface area (Å²) in [7, 11) is 0. The highest BCUT2D eigenvalue weighted by Gasteiger charge is 2.64. The summed E-state index contributed by atoms with van der Waals surface area (Å²) in [4.78, 5) is 23.6. The molecule has 5 nitrogen and oxygen atoms in total. The lowest BCUT2D eigenvalue weighted by atomic mass is 9.69. The maximum Gasteiger partial charge on any atom is 0.293 e. The van der Waals surface area contributed by atoms with Crippen molar-refractivity contribution in [2.45, 2.75) is 57.3 Å². The molecule has 1 saturated heterocycles. The predicted molar refractivity (Wildman–Crippen MR) is 91.6 cm³/mol. The lowest BCUT2D eigenvalue weighted by molar-refractivity contribution is -0.162. The normalized spacial score (nSPS) is 39.4. The van der Waals surface area contributed by atoms with Crippen molar-refractivity contribution in [3.8, 4) is 0 Å². The van der Waals surface area contributed by atoms with Crippen molar-refractivity contribution >= 4 is 35.0 Å². The molecular weight excluding hydrogens is 397 g/mol. The molecule has 5 atom stereocenters. The number of aliphatic hydroxyl groups is 1. The number of carbonyl (C=O) groups is 2. The van der Waals surface area contributed by atoms with Crippen LogP contribution in [0.1, 0.15) is 39.5 Å². The van der Waals surface area contributed by atoms with Gasteiger partial charge in [0.1, 0.15) is 5.60 Å². The molecule has 1 aliphatic heterocycles. The highest BCUT2D eigenvalue weighted by atomic mass is 127. The number of hydrogen-bond donors (Lipinski definition) is 2. The van der Waals surface area contributed by atoms with Crippen molar-refractivity contribution < 1.29 is 19.4 Å². The summed E-state index contributed by atoms with van der Waals surface area (Å²) in [6, 6.07) is -0.592. The van der Waals surface area contributed by atoms with E-state index in [2.05, 4.69) is 34.0 Å². The molecule has 2 N–H and O–H groups in total. The SMILES string of the molecule is C[C@]1(CCI)C(=O)N[C@H]([C@@H](O)[C@@H]2C=CCCC2)[C@@]1(C)OC=O. The van der Waals surface area contributed by atoms with Gasteiger partial charge < -0.3 is 15.2 Å². The van der Waals surface area contributed by atoms with Crippen molar-refractivity contribution in [2.24, 2.45) is 11.3 Å². The van der Waals surface area contributed by atoms with E-state index in [1.807, 2.05) is 13.0 Å². The average molecular weight is 421 g/mol. The van der Waals surface area contributed by atoms with E-state index in [0.717, 1.165) is 23.7 Å². The Bertz CT molecular complexity index is 469. The first kappa shape index (κ1) is 17.7. The van der Waals surface area contributed by atoms with Gasteiger partial charge in [-0.1, -0.05) is 34.7 Å². The number of hydrogen-bond acceptors (Lipinski definition) is 4. The summed E-state index contributed by atoms with van der Waals surface area (Å²) in [5.74, 6) is -0.173. The number of halogens is 1. The smallest absolute Gasteiger partial charge is 0.293 e. The van der Waals surface area contributed by atoms with Crippen LogP contribution in [0.25, 0.3) is 0 Å². The molecule has 2 aliphatic rings. The van der Waals surface area contributed by atoms with Crippen LogP contribution in [-0.4, -0.2) is 39.7 Å². The van der Waals surface area contributed by atoms with Gasteiger partial charge in [-0.15, -0.1) is 0 Å². The number of alkyl halides is 1. The largest absolute Gasteiger partial charge is 0.458 e. The van der Waals surface area contributed by atoms with Crippen LogP contribution in [0.4, 0.5) is 0 Å². The second-order valence-electron chi connectivity index (χ2n) is 6.56. The molecule has 6 heteroatoms. The Morgan fingerprint density at radius 3 is 2.86 bits per heavy atom. The van der Waals surface area contributed by atoms with Gasteiger partial charge >= 0.3 is 0 Å². The van der Waals surface area contributed by atoms with Crippen molar-refractivity contribution in [3.05, 3.63) is 12.2 Å². The molecule has 0 radical (unpaired) electrons. The number of allylic oxidation sites excluding steroid dienone is 1. The minimum atomic E-state index is -1.05. The minimum absolute atomic E-state index is 0.0180. The third-order valence-electron chi connectivity index (χ3n) is 5.44. The van der Waals surface area contributed by atoms with Crippen LogP contribution >= 0.6 is 22.6 Å². The molecule has 22 heavy (non-hydrogen) atoms. The predicted octanol–water partition coefficient (Wildman–Crippen LogP) is 1.97. The van der Waals surface area contributed by atoms with Crippen molar-refractivity contribution in [2.75, 3.05) is 4.43 Å². The minimum Gasteiger partial charge on any atom is -0.458 e. The molecule has 0 bridgehead atoms. The van der Waals surface area contributed by atoms with E-state index in [-0.39, 0.29) is 11.8 Å². The summed E-state index contributed by atoms with van der Waals surface area (Å²) in [5, 5.41) is 13.7. The first-order valence-electron chi connectivity index (χ1n) is 7.74. The molecular formula is C16H24INO4. The third-order valence-corrected chi connectivity index (χ3v) is 5.98. The van der Waals surface area contributed by atoms with Gasteiger partial charge in [0.05, 0.1) is 17.6 Å². The Kier molecular flexibility index (Phi) is 5.53. The van der Waals surface area contributed by atoms with Crippen LogP contribution in [0, 0.1) is 11.3 Å². The van der Waals surface area contributed by atoms with Gasteiger partial charge in [-0.05, 0) is 39.5 Å². The average Bonchev–Trinajstić information content (AvgIpc) is 2.70. The van der Waals surface area contributed by atoms with Crippen LogP contribution in [-0.2, 0) is 14.3 Å². The second kappa shape index (κ2) is 6.86. The van der Waals surface area contributed by atoms with Gasteiger partial charge in [0.15, 0.2) is 0 Å². The van der Waals surface area contributed by atoms with Crippen molar-refractivity contribution in [1.82, 2.24) is 5.32 Å². The van der Waals surface area contributed by atoms with Crippen molar-refractivity contribution in [1.29, 1.82) is 0 Å². The first-order chi connectivity index (χ1) is 10.4. The topological polar surface area (TPSA) is 75.6 Å². The number of nitrogens with one attached hydrogen (secondary N) is 1. The van der Waals surface area contributed by atoms with E-state index in [0.29, 0.717) is 12.9 Å². The maximum absolute atomic E-state index is 12.5. The van der Waals surface area contributed by atoms with Gasteiger partial charge in [0.2, 0.25) is 5.91 Å². The Morgan fingerprint density at radius 2 is 2.32 bits per heavy atom. The Labute approximate surface area is 145 Å². The molecule has 1 aliphatic carbocycles. The van der Waals surface area contributed by atoms with Crippen LogP contribution in [0.5, 0.6) is 0 Å². The highest BCUT2D eigenvalue weighted by Crippen LogP contribution is 2.47. The quantitative estimate of drug-likeness (QED) is 0.298. The molecule has 0 aromatic heterocycles. The fraction of sp³-hybridized carbons (Fsp3) is 0.750. The van der Waals surface area contributed by atoms with Crippen LogP contribution in [0.15, 0.2) is 12.2 Å². The Balaban J connectivity index is 2.33. The second-order valence-corrected chi connectivity index (χ2v) is 7.64. The van der Waals surface area contributed by atoms with E-state index in [1.54, 1.807) is 6.92 Å². The zero-order valence-electron chi connectivity index (χ0n) is 13.0. The lowest BCUT2D eigenvalue weighted by Gasteiger charge is -2.42. The van der Waals surface area contributed by atoms with Crippen LogP contribution < -0.4 is 5.32 Å². The summed E-state index contributed by atoms with van der Waals surface area (Å²) >= 11 is 2.21. The fourth-order valence-corrected chi connectivity index (χ4v) is 4.72. The van der Waals surface area contributed by atoms with Gasteiger partial charge in [-0.3, -0.25) is 9.59 Å². The molecule has 2 rings (SSSR count). The molecule has 0 saturated carbocycles. The van der Waals surface area contributed by atoms with Gasteiger partial charge in [0.25, 0.3) is 6.47 Å². The highest BCUT2D eigenvalue weighted by molar-refractivity contribution is 14.1. The van der Waals surface area contributed by atoms with Crippen molar-refractivity contribution in [3.63, 3.8) is 0 Å². The van der Waals surface area contributed by atoms with E-state index >= 15 is 0 Å². The summed E-state index contributed by atoms with van der Waals surface area (Å²) in [6.07, 6.45) is 6.83. The molecule has 0 aromatic carbocycles. The van der Waals surface area contributed by atoms with E-state index in [1.165, 1.54) is 0 Å². The third kappa shape index (κ3) is 2.79. The van der Waals surface area contributed by atoms with E-state index in [4.69, 9.17) is 4.74 Å². The van der Waals surface area contributed by atoms with Crippen LogP contribution in [0.2, 0.25) is 0 Å². The maximum atomic E-state index is 12.5. The standard InChI is InChI=1S/C16H24INO4/c1-15(8-9-17)14(21)18-13(16(15,2)22-10-19)12(20)11-6-4-3-5-7-11/h4,6,10-13,20H,3,5,7-9H2,1-2H3,(H,18,21)/t11-,12+,13-,15+,16-/m1/s1. The Hall–Kier alpha value is -0.630. The molecule has 1 fully saturated rings. The molecule has 124 valence electrons. The Morgan fingerprint density at radius 1 is 1.59 bits per heavy atom. The number of ether oxygens (including phenoxy) is 1. The van der Waals surface area contributed by atoms with Gasteiger partial charge in [0, 0.05) is 10.3 Å². The van der Waals surface area contributed by atoms with Gasteiger partial charge in [-0.25, -0.2) is 0 Å². The summed E-state index contributed by atoms with van der Waals surface area (Å²) in [5.41, 5.74) is -1.89. The monoisotopic (exact) mass is 421 g/mol. The number of carbonyl (C=O) groups excluding carboxylic acids is 2. The molecule has 0 spiro atoms. The van der Waals surface area contributed by atoms with E-state index < -0.39 is 23.2 Å². The summed E-state index contributed by atoms with van der Waals surface area (Å²) < 4.78 is 6.17. The van der Waals surface area contributed by atoms with Crippen LogP contribution in [0.3, 0.4) is 0 Å². The number of rotatable bonds is 6. The molecule has 0 aromatic rings. The zero-order chi connectivity index (χ0) is 16.4. The molecule has 1 amide bonds. The number of amides is 1. The van der Waals surface area contributed by atoms with E-state index in [9.17, 15) is 14.7 Å². The van der Waals surface area contributed by atoms with Gasteiger partial charge in [-0.2, -0.15) is 0 Å². The number of aliphatic hydroxyl groups excluding tert-OH is 1. The summed E-state index contributed by atoms with van der Waals surface area (Å²) in [6.45, 7) is 3.96. The lowest BCUT2D eigenvalue weighted by Crippen LogP contribution is -2.57. The fourth-order valence-electron chi connectivity index (χ4n) is 3.64. The zero-order valence-corrected chi connectivity index (χ0v) is 15.2. The molecule has 0 unspecified atom stereocenters.